The van der Waals surface area contributed by atoms with E-state index in [1.165, 1.54) is 19.2 Å². The molecule has 0 fully saturated rings. The number of hydrogen-bond donors (Lipinski definition) is 0. The van der Waals surface area contributed by atoms with Gasteiger partial charge in [-0.1, -0.05) is 37.3 Å². The van der Waals surface area contributed by atoms with Crippen LogP contribution in [0.15, 0.2) is 83.8 Å². The van der Waals surface area contributed by atoms with Crippen molar-refractivity contribution in [2.75, 3.05) is 11.4 Å². The van der Waals surface area contributed by atoms with Crippen LogP contribution in [0.1, 0.15) is 22.8 Å². The van der Waals surface area contributed by atoms with Crippen LogP contribution in [0.2, 0.25) is 0 Å². The third-order valence-electron chi connectivity index (χ3n) is 4.38. The summed E-state index contributed by atoms with van der Waals surface area (Å²) in [6.45, 7) is 2.01. The number of benzene rings is 3. The maximum absolute atomic E-state index is 13.3. The first kappa shape index (κ1) is 19.6. The number of anilines is 1. The predicted molar refractivity (Wildman–Crippen MR) is 109 cm³/mol. The van der Waals surface area contributed by atoms with E-state index in [9.17, 15) is 13.2 Å². The topological polar surface area (TPSA) is 63.7 Å². The molecule has 0 saturated heterocycles. The van der Waals surface area contributed by atoms with Crippen LogP contribution < -0.4 is 9.04 Å². The average molecular weight is 395 g/mol. The highest BCUT2D eigenvalue weighted by atomic mass is 32.2. The monoisotopic (exact) mass is 395 g/mol. The minimum Gasteiger partial charge on any atom is -0.497 e. The zero-order valence-electron chi connectivity index (χ0n) is 15.7. The predicted octanol–water partition coefficient (Wildman–Crippen LogP) is 4.29. The summed E-state index contributed by atoms with van der Waals surface area (Å²) in [6.07, 6.45) is 0.818. The maximum atomic E-state index is 13.3. The van der Waals surface area contributed by atoms with E-state index in [1.807, 2.05) is 19.1 Å². The molecule has 0 bridgehead atoms. The second-order valence-corrected chi connectivity index (χ2v) is 7.92. The molecule has 0 unspecified atom stereocenters. The van der Waals surface area contributed by atoms with E-state index in [0.29, 0.717) is 11.4 Å². The zero-order valence-corrected chi connectivity index (χ0v) is 16.5. The smallest absolute Gasteiger partial charge is 0.272 e. The fraction of sp³-hybridized carbons (Fsp3) is 0.136. The van der Waals surface area contributed by atoms with Crippen molar-refractivity contribution in [2.45, 2.75) is 18.2 Å². The molecule has 144 valence electrons. The Kier molecular flexibility index (Phi) is 5.80. The lowest BCUT2D eigenvalue weighted by molar-refractivity contribution is 0.101. The molecule has 0 spiro atoms. The Bertz CT molecular complexity index is 1040. The molecule has 0 aliphatic carbocycles. The molecule has 0 saturated carbocycles. The molecular formula is C22H21NO4S. The van der Waals surface area contributed by atoms with Gasteiger partial charge in [0.05, 0.1) is 17.7 Å². The quantitative estimate of drug-likeness (QED) is 0.624. The second kappa shape index (κ2) is 8.27. The standard InChI is InChI=1S/C22H21NO4S/c1-3-17-9-13-19(14-10-17)23(28(25,26)21-7-5-4-6-8-21)22(24)18-11-15-20(27-2)16-12-18/h4-16H,3H2,1-2H3. The molecular weight excluding hydrogens is 374 g/mol. The number of ether oxygens (including phenoxy) is 1. The van der Waals surface area contributed by atoms with Gasteiger partial charge in [-0.05, 0) is 60.5 Å². The van der Waals surface area contributed by atoms with Crippen LogP contribution in [0.5, 0.6) is 5.75 Å². The average Bonchev–Trinajstić information content (AvgIpc) is 2.75. The molecule has 3 aromatic rings. The summed E-state index contributed by atoms with van der Waals surface area (Å²) in [5, 5.41) is 0. The van der Waals surface area contributed by atoms with Crippen molar-refractivity contribution >= 4 is 21.6 Å². The minimum atomic E-state index is -4.08. The van der Waals surface area contributed by atoms with Gasteiger partial charge in [0.15, 0.2) is 0 Å². The van der Waals surface area contributed by atoms with Crippen LogP contribution in [-0.2, 0) is 16.4 Å². The Morgan fingerprint density at radius 1 is 0.893 bits per heavy atom. The number of carbonyl (C=O) groups excluding carboxylic acids is 1. The molecule has 0 radical (unpaired) electrons. The summed E-state index contributed by atoms with van der Waals surface area (Å²) in [6, 6.07) is 21.2. The minimum absolute atomic E-state index is 0.0522. The molecule has 6 heteroatoms. The summed E-state index contributed by atoms with van der Waals surface area (Å²) < 4.78 is 32.6. The molecule has 0 atom stereocenters. The number of rotatable bonds is 6. The van der Waals surface area contributed by atoms with E-state index < -0.39 is 15.9 Å². The lowest BCUT2D eigenvalue weighted by Crippen LogP contribution is -2.37. The molecule has 3 aromatic carbocycles. The van der Waals surface area contributed by atoms with Gasteiger partial charge in [-0.3, -0.25) is 4.79 Å². The van der Waals surface area contributed by atoms with Crippen molar-refractivity contribution in [3.63, 3.8) is 0 Å². The second-order valence-electron chi connectivity index (χ2n) is 6.14. The van der Waals surface area contributed by atoms with Crippen molar-refractivity contribution in [1.29, 1.82) is 0 Å². The first-order valence-corrected chi connectivity index (χ1v) is 10.3. The number of nitrogens with zero attached hydrogens (tertiary/aromatic N) is 1. The lowest BCUT2D eigenvalue weighted by atomic mass is 10.1. The van der Waals surface area contributed by atoms with Gasteiger partial charge in [0, 0.05) is 5.56 Å². The van der Waals surface area contributed by atoms with Gasteiger partial charge in [0.25, 0.3) is 15.9 Å². The van der Waals surface area contributed by atoms with E-state index in [4.69, 9.17) is 4.74 Å². The van der Waals surface area contributed by atoms with Crippen molar-refractivity contribution in [1.82, 2.24) is 0 Å². The van der Waals surface area contributed by atoms with Crippen LogP contribution in [0.4, 0.5) is 5.69 Å². The first-order valence-electron chi connectivity index (χ1n) is 8.85. The molecule has 5 nitrogen and oxygen atoms in total. The third-order valence-corrected chi connectivity index (χ3v) is 6.11. The Morgan fingerprint density at radius 3 is 2.04 bits per heavy atom. The van der Waals surface area contributed by atoms with Crippen molar-refractivity contribution in [3.8, 4) is 5.75 Å². The zero-order chi connectivity index (χ0) is 20.1. The van der Waals surface area contributed by atoms with E-state index in [-0.39, 0.29) is 10.5 Å². The van der Waals surface area contributed by atoms with Crippen LogP contribution >= 0.6 is 0 Å². The highest BCUT2D eigenvalue weighted by molar-refractivity contribution is 7.93. The van der Waals surface area contributed by atoms with Gasteiger partial charge >= 0.3 is 0 Å². The van der Waals surface area contributed by atoms with Gasteiger partial charge in [0.2, 0.25) is 0 Å². The SMILES string of the molecule is CCc1ccc(N(C(=O)c2ccc(OC)cc2)S(=O)(=O)c2ccccc2)cc1. The summed E-state index contributed by atoms with van der Waals surface area (Å²) in [5.74, 6) is -0.0444. The van der Waals surface area contributed by atoms with Crippen LogP contribution in [0.3, 0.4) is 0 Å². The molecule has 0 heterocycles. The summed E-state index contributed by atoms with van der Waals surface area (Å²) >= 11 is 0. The third kappa shape index (κ3) is 3.92. The maximum Gasteiger partial charge on any atom is 0.272 e. The van der Waals surface area contributed by atoms with Crippen LogP contribution in [0.25, 0.3) is 0 Å². The Morgan fingerprint density at radius 2 is 1.50 bits per heavy atom. The van der Waals surface area contributed by atoms with Gasteiger partial charge in [-0.2, -0.15) is 4.31 Å². The van der Waals surface area contributed by atoms with E-state index in [1.54, 1.807) is 54.6 Å². The summed E-state index contributed by atoms with van der Waals surface area (Å²) in [5.41, 5.74) is 1.60. The number of sulfonamides is 1. The van der Waals surface area contributed by atoms with Gasteiger partial charge in [-0.25, -0.2) is 8.42 Å². The molecule has 0 aliphatic heterocycles. The van der Waals surface area contributed by atoms with E-state index >= 15 is 0 Å². The summed E-state index contributed by atoms with van der Waals surface area (Å²) in [7, 11) is -2.56. The van der Waals surface area contributed by atoms with Crippen molar-refractivity contribution in [3.05, 3.63) is 90.0 Å². The molecule has 3 rings (SSSR count). The van der Waals surface area contributed by atoms with E-state index in [2.05, 4.69) is 0 Å². The van der Waals surface area contributed by atoms with Crippen LogP contribution in [-0.4, -0.2) is 21.4 Å². The molecule has 0 aliphatic rings. The summed E-state index contributed by atoms with van der Waals surface area (Å²) in [4.78, 5) is 13.3. The first-order chi connectivity index (χ1) is 13.5. The number of methoxy groups -OCH3 is 1. The lowest BCUT2D eigenvalue weighted by Gasteiger charge is -2.23. The molecule has 0 aromatic heterocycles. The van der Waals surface area contributed by atoms with Crippen molar-refractivity contribution < 1.29 is 17.9 Å². The number of hydrogen-bond acceptors (Lipinski definition) is 4. The Balaban J connectivity index is 2.11. The highest BCUT2D eigenvalue weighted by Gasteiger charge is 2.31. The number of carbonyl (C=O) groups is 1. The van der Waals surface area contributed by atoms with Crippen LogP contribution in [0, 0.1) is 0 Å². The van der Waals surface area contributed by atoms with Gasteiger partial charge in [0.1, 0.15) is 5.75 Å². The number of aryl methyl sites for hydroxylation is 1. The fourth-order valence-corrected chi connectivity index (χ4v) is 4.22. The Hall–Kier alpha value is -3.12. The highest BCUT2D eigenvalue weighted by Crippen LogP contribution is 2.27. The largest absolute Gasteiger partial charge is 0.497 e. The molecule has 1 amide bonds. The fourth-order valence-electron chi connectivity index (χ4n) is 2.78. The Labute approximate surface area is 165 Å². The normalized spacial score (nSPS) is 11.1. The molecule has 28 heavy (non-hydrogen) atoms. The molecule has 0 N–H and O–H groups in total. The van der Waals surface area contributed by atoms with Gasteiger partial charge < -0.3 is 4.74 Å². The van der Waals surface area contributed by atoms with Gasteiger partial charge in [-0.15, -0.1) is 0 Å². The number of amides is 1. The van der Waals surface area contributed by atoms with E-state index in [0.717, 1.165) is 16.3 Å². The van der Waals surface area contributed by atoms with Crippen molar-refractivity contribution in [2.24, 2.45) is 0 Å².